The number of fused-ring (bicyclic) bond motifs is 1. The van der Waals surface area contributed by atoms with E-state index in [1.165, 1.54) is 0 Å². The highest BCUT2D eigenvalue weighted by Gasteiger charge is 2.27. The van der Waals surface area contributed by atoms with Gasteiger partial charge in [0.1, 0.15) is 6.04 Å². The number of rotatable bonds is 6. The summed E-state index contributed by atoms with van der Waals surface area (Å²) in [6, 6.07) is 9.35. The molecule has 2 aromatic rings. The summed E-state index contributed by atoms with van der Waals surface area (Å²) in [5.74, 6) is -0.0989. The Morgan fingerprint density at radius 1 is 1.35 bits per heavy atom. The molecule has 0 fully saturated rings. The lowest BCUT2D eigenvalue weighted by atomic mass is 9.93. The molecule has 2 heterocycles. The lowest BCUT2D eigenvalue weighted by Crippen LogP contribution is -2.40. The van der Waals surface area contributed by atoms with Crippen molar-refractivity contribution in [1.82, 2.24) is 20.0 Å². The van der Waals surface area contributed by atoms with Crippen LogP contribution in [0.25, 0.3) is 0 Å². The van der Waals surface area contributed by atoms with E-state index in [0.717, 1.165) is 30.6 Å². The number of primary amides is 1. The van der Waals surface area contributed by atoms with Crippen LogP contribution in [0.4, 0.5) is 0 Å². The molecular formula is C19H25N5O2. The molecule has 0 saturated carbocycles. The highest BCUT2D eigenvalue weighted by molar-refractivity contribution is 5.93. The van der Waals surface area contributed by atoms with E-state index < -0.39 is 5.91 Å². The second-order valence-electron chi connectivity index (χ2n) is 6.94. The van der Waals surface area contributed by atoms with Gasteiger partial charge in [-0.1, -0.05) is 30.3 Å². The third-order valence-electron chi connectivity index (χ3n) is 4.88. The van der Waals surface area contributed by atoms with Crippen LogP contribution in [0.3, 0.4) is 0 Å². The average molecular weight is 355 g/mol. The zero-order valence-corrected chi connectivity index (χ0v) is 15.2. The summed E-state index contributed by atoms with van der Waals surface area (Å²) in [7, 11) is 3.52. The van der Waals surface area contributed by atoms with Crippen LogP contribution in [0, 0.1) is 5.92 Å². The summed E-state index contributed by atoms with van der Waals surface area (Å²) in [6.45, 7) is 1.44. The number of nitrogens with two attached hydrogens (primary N) is 1. The Morgan fingerprint density at radius 2 is 2.08 bits per heavy atom. The first-order valence-electron chi connectivity index (χ1n) is 8.81. The Hall–Kier alpha value is -2.67. The number of carbonyl (C=O) groups is 2. The van der Waals surface area contributed by atoms with Crippen LogP contribution in [0.15, 0.2) is 36.5 Å². The quantitative estimate of drug-likeness (QED) is 0.807. The smallest absolute Gasteiger partial charge is 0.252 e. The van der Waals surface area contributed by atoms with Gasteiger partial charge in [0.05, 0.1) is 17.5 Å². The molecule has 7 nitrogen and oxygen atoms in total. The maximum Gasteiger partial charge on any atom is 0.252 e. The molecule has 26 heavy (non-hydrogen) atoms. The molecule has 1 aliphatic heterocycles. The molecule has 2 amide bonds. The van der Waals surface area contributed by atoms with Crippen LogP contribution in [0.2, 0.25) is 0 Å². The van der Waals surface area contributed by atoms with Crippen LogP contribution < -0.4 is 11.1 Å². The van der Waals surface area contributed by atoms with Crippen molar-refractivity contribution >= 4 is 11.8 Å². The second-order valence-corrected chi connectivity index (χ2v) is 6.94. The number of aryl methyl sites for hydroxylation is 1. The number of amides is 2. The van der Waals surface area contributed by atoms with Gasteiger partial charge in [0.15, 0.2) is 0 Å². The second kappa shape index (κ2) is 7.70. The molecule has 3 rings (SSSR count). The SMILES string of the molecule is CN(C)C(=O)C(NCC1CCn2ncc(C(N)=O)c2C1)c1ccccc1. The van der Waals surface area contributed by atoms with E-state index in [-0.39, 0.29) is 11.9 Å². The van der Waals surface area contributed by atoms with Crippen molar-refractivity contribution in [2.24, 2.45) is 11.7 Å². The summed E-state index contributed by atoms with van der Waals surface area (Å²) in [5.41, 5.74) is 7.78. The Bertz CT molecular complexity index is 784. The number of hydrogen-bond acceptors (Lipinski definition) is 4. The van der Waals surface area contributed by atoms with Crippen molar-refractivity contribution < 1.29 is 9.59 Å². The molecule has 0 aliphatic carbocycles. The molecule has 3 N–H and O–H groups in total. The highest BCUT2D eigenvalue weighted by atomic mass is 16.2. The van der Waals surface area contributed by atoms with Gasteiger partial charge in [-0.15, -0.1) is 0 Å². The first kappa shape index (κ1) is 18.1. The zero-order chi connectivity index (χ0) is 18.7. The minimum absolute atomic E-state index is 0.0230. The number of likely N-dealkylation sites (N-methyl/N-ethyl adjacent to an activating group) is 1. The molecule has 0 saturated heterocycles. The minimum Gasteiger partial charge on any atom is -0.365 e. The number of carbonyl (C=O) groups excluding carboxylic acids is 2. The number of nitrogens with one attached hydrogen (secondary N) is 1. The Balaban J connectivity index is 1.71. The molecule has 0 spiro atoms. The number of nitrogens with zero attached hydrogens (tertiary/aromatic N) is 3. The highest BCUT2D eigenvalue weighted by Crippen LogP contribution is 2.23. The summed E-state index contributed by atoms with van der Waals surface area (Å²) in [6.07, 6.45) is 3.22. The van der Waals surface area contributed by atoms with Crippen LogP contribution in [0.5, 0.6) is 0 Å². The largest absolute Gasteiger partial charge is 0.365 e. The van der Waals surface area contributed by atoms with Crippen molar-refractivity contribution in [3.05, 3.63) is 53.3 Å². The third kappa shape index (κ3) is 3.77. The number of hydrogen-bond donors (Lipinski definition) is 2. The molecule has 0 bridgehead atoms. The van der Waals surface area contributed by atoms with E-state index in [2.05, 4.69) is 10.4 Å². The topological polar surface area (TPSA) is 93.2 Å². The molecule has 0 radical (unpaired) electrons. The van der Waals surface area contributed by atoms with Crippen molar-refractivity contribution in [2.75, 3.05) is 20.6 Å². The van der Waals surface area contributed by atoms with E-state index in [4.69, 9.17) is 5.73 Å². The van der Waals surface area contributed by atoms with Gasteiger partial charge in [-0.2, -0.15) is 5.10 Å². The van der Waals surface area contributed by atoms with Crippen LogP contribution >= 0.6 is 0 Å². The molecule has 2 atom stereocenters. The molecule has 1 aliphatic rings. The Kier molecular flexibility index (Phi) is 5.37. The summed E-state index contributed by atoms with van der Waals surface area (Å²) in [5, 5.41) is 7.66. The van der Waals surface area contributed by atoms with Gasteiger partial charge in [0.2, 0.25) is 5.91 Å². The fraction of sp³-hybridized carbons (Fsp3) is 0.421. The minimum atomic E-state index is -0.440. The van der Waals surface area contributed by atoms with E-state index in [0.29, 0.717) is 18.0 Å². The molecule has 2 unspecified atom stereocenters. The lowest BCUT2D eigenvalue weighted by molar-refractivity contribution is -0.131. The van der Waals surface area contributed by atoms with Crippen molar-refractivity contribution in [3.8, 4) is 0 Å². The maximum atomic E-state index is 12.6. The van der Waals surface area contributed by atoms with Crippen LogP contribution in [-0.2, 0) is 17.8 Å². The monoisotopic (exact) mass is 355 g/mol. The summed E-state index contributed by atoms with van der Waals surface area (Å²) >= 11 is 0. The van der Waals surface area contributed by atoms with Gasteiger partial charge < -0.3 is 16.0 Å². The van der Waals surface area contributed by atoms with Gasteiger partial charge in [-0.05, 0) is 30.9 Å². The van der Waals surface area contributed by atoms with Gasteiger partial charge >= 0.3 is 0 Å². The predicted octanol–water partition coefficient (Wildman–Crippen LogP) is 0.964. The standard InChI is InChI=1S/C19H25N5O2/c1-23(2)19(26)17(14-6-4-3-5-7-14)21-11-13-8-9-24-16(10-13)15(12-22-24)18(20)25/h3-7,12-13,17,21H,8-11H2,1-2H3,(H2,20,25). The molecule has 7 heteroatoms. The first-order chi connectivity index (χ1) is 12.5. The van der Waals surface area contributed by atoms with E-state index in [9.17, 15) is 9.59 Å². The molecule has 138 valence electrons. The lowest BCUT2D eigenvalue weighted by Gasteiger charge is -2.28. The van der Waals surface area contributed by atoms with Gasteiger partial charge in [-0.3, -0.25) is 14.3 Å². The predicted molar refractivity (Wildman–Crippen MR) is 98.4 cm³/mol. The average Bonchev–Trinajstić information content (AvgIpc) is 3.06. The third-order valence-corrected chi connectivity index (χ3v) is 4.88. The fourth-order valence-corrected chi connectivity index (χ4v) is 3.42. The van der Waals surface area contributed by atoms with Crippen LogP contribution in [-0.4, -0.2) is 47.1 Å². The normalized spacial score (nSPS) is 17.4. The maximum absolute atomic E-state index is 12.6. The van der Waals surface area contributed by atoms with Crippen LogP contribution in [0.1, 0.15) is 34.1 Å². The Morgan fingerprint density at radius 3 is 2.73 bits per heavy atom. The molecule has 1 aromatic carbocycles. The van der Waals surface area contributed by atoms with Gasteiger partial charge in [0, 0.05) is 20.6 Å². The fourth-order valence-electron chi connectivity index (χ4n) is 3.42. The number of aromatic nitrogens is 2. The van der Waals surface area contributed by atoms with Crippen molar-refractivity contribution in [2.45, 2.75) is 25.4 Å². The van der Waals surface area contributed by atoms with Gasteiger partial charge in [0.25, 0.3) is 5.91 Å². The molecule has 1 aromatic heterocycles. The van der Waals surface area contributed by atoms with Gasteiger partial charge in [-0.25, -0.2) is 0 Å². The first-order valence-corrected chi connectivity index (χ1v) is 8.81. The molecular weight excluding hydrogens is 330 g/mol. The van der Waals surface area contributed by atoms with E-state index >= 15 is 0 Å². The summed E-state index contributed by atoms with van der Waals surface area (Å²) in [4.78, 5) is 25.8. The van der Waals surface area contributed by atoms with Crippen molar-refractivity contribution in [3.63, 3.8) is 0 Å². The summed E-state index contributed by atoms with van der Waals surface area (Å²) < 4.78 is 1.86. The van der Waals surface area contributed by atoms with E-state index in [1.807, 2.05) is 35.0 Å². The van der Waals surface area contributed by atoms with E-state index in [1.54, 1.807) is 25.2 Å². The van der Waals surface area contributed by atoms with Crippen molar-refractivity contribution in [1.29, 1.82) is 0 Å². The number of benzene rings is 1. The Labute approximate surface area is 153 Å². The zero-order valence-electron chi connectivity index (χ0n) is 15.2.